The van der Waals surface area contributed by atoms with Crippen LogP contribution in [0.2, 0.25) is 5.02 Å². The van der Waals surface area contributed by atoms with E-state index < -0.39 is 195 Å². The van der Waals surface area contributed by atoms with Gasteiger partial charge in [0.2, 0.25) is 0 Å². The number of nitrogens with zero attached hydrogens (tertiary/aromatic N) is 2. The number of hydrogen-bond acceptors (Lipinski definition) is 1. The Hall–Kier alpha value is -6.15. The van der Waals surface area contributed by atoms with Crippen LogP contribution in [0.15, 0.2) is 122 Å². The predicted octanol–water partition coefficient (Wildman–Crippen LogP) is 13.3. The Labute approximate surface area is 387 Å². The van der Waals surface area contributed by atoms with Gasteiger partial charge in [-0.25, -0.2) is 0 Å². The maximum Gasteiger partial charge on any atom is 0.416 e. The lowest BCUT2D eigenvalue weighted by Crippen LogP contribution is -2.75. The number of hydrogen-bond donors (Lipinski definition) is 0. The highest BCUT2D eigenvalue weighted by molar-refractivity contribution is 7.20. The smallest absolute Gasteiger partial charge is 0.252 e. The van der Waals surface area contributed by atoms with Gasteiger partial charge in [0.05, 0.1) is 56.9 Å². The Balaban J connectivity index is 0.000000569. The van der Waals surface area contributed by atoms with Crippen molar-refractivity contribution in [1.29, 1.82) is 0 Å². The summed E-state index contributed by atoms with van der Waals surface area (Å²) < 4.78 is 343. The molecule has 0 saturated carbocycles. The highest BCUT2D eigenvalue weighted by Gasteiger charge is 2.47. The Morgan fingerprint density at radius 1 is 0.338 bits per heavy atom. The highest BCUT2D eigenvalue weighted by atomic mass is 35.5. The minimum Gasteiger partial charge on any atom is -0.252 e. The van der Waals surface area contributed by atoms with Crippen LogP contribution < -0.4 is 26.4 Å². The van der Waals surface area contributed by atoms with Gasteiger partial charge >= 0.3 is 49.4 Å². The molecule has 0 N–H and O–H groups in total. The molecule has 0 aliphatic carbocycles. The van der Waals surface area contributed by atoms with Crippen LogP contribution in [-0.2, 0) is 56.0 Å². The number of rotatable bonds is 6. The van der Waals surface area contributed by atoms with Gasteiger partial charge in [0.1, 0.15) is 6.15 Å². The summed E-state index contributed by atoms with van der Waals surface area (Å²) in [7, 11) is 0. The molecule has 0 saturated heterocycles. The second-order valence-electron chi connectivity index (χ2n) is 15.3. The molecular formula is C43H22BClF24N2. The zero-order valence-corrected chi connectivity index (χ0v) is 34.9. The molecule has 0 atom stereocenters. The average molecular weight is 1070 g/mol. The van der Waals surface area contributed by atoms with Crippen molar-refractivity contribution in [3.63, 3.8) is 0 Å². The third-order valence-corrected chi connectivity index (χ3v) is 10.7. The van der Waals surface area contributed by atoms with Crippen LogP contribution in [0.4, 0.5) is 105 Å². The van der Waals surface area contributed by atoms with Gasteiger partial charge in [-0.05, 0) is 36.4 Å². The van der Waals surface area contributed by atoms with Crippen molar-refractivity contribution in [3.05, 3.63) is 177 Å². The summed E-state index contributed by atoms with van der Waals surface area (Å²) in [5.41, 5.74) is -29.0. The van der Waals surface area contributed by atoms with Crippen LogP contribution in [0, 0.1) is 0 Å². The third kappa shape index (κ3) is 13.2. The van der Waals surface area contributed by atoms with E-state index in [0.29, 0.717) is 0 Å². The quantitative estimate of drug-likeness (QED) is 0.0923. The fourth-order valence-electron chi connectivity index (χ4n) is 7.32. The lowest BCUT2D eigenvalue weighted by molar-refractivity contribution is -0.688. The first-order valence-corrected chi connectivity index (χ1v) is 19.4. The first-order valence-electron chi connectivity index (χ1n) is 19.0. The molecule has 0 aliphatic heterocycles. The molecule has 0 aliphatic rings. The topological polar surface area (TPSA) is 16.8 Å². The number of alkyl halides is 24. The van der Waals surface area contributed by atoms with Crippen molar-refractivity contribution in [2.45, 2.75) is 56.0 Å². The molecular weight excluding hydrogens is 1050 g/mol. The van der Waals surface area contributed by atoms with E-state index in [2.05, 4.69) is 9.55 Å². The molecule has 5 aromatic carbocycles. The fourth-order valence-corrected chi connectivity index (χ4v) is 7.45. The molecule has 1 heterocycles. The van der Waals surface area contributed by atoms with Gasteiger partial charge in [0.25, 0.3) is 0 Å². The van der Waals surface area contributed by atoms with Gasteiger partial charge in [0.15, 0.2) is 18.9 Å². The SMILES string of the molecule is Clc1ccc(C[n+]2ccncc2)cc1.FC(F)(F)c1cc([B-](c2cc(C(F)(F)F)cc(C(F)(F)F)c2)(c2cc(C(F)(F)F)cc(C(F)(F)F)c2)c2cc(C(F)(F)F)cc(C(F)(F)F)c2)cc(C(F)(F)F)c1. The van der Waals surface area contributed by atoms with Crippen LogP contribution in [0.3, 0.4) is 0 Å². The van der Waals surface area contributed by atoms with Gasteiger partial charge < -0.3 is 0 Å². The van der Waals surface area contributed by atoms with Gasteiger partial charge in [0, 0.05) is 10.6 Å². The van der Waals surface area contributed by atoms with E-state index in [9.17, 15) is 105 Å². The molecule has 6 rings (SSSR count). The van der Waals surface area contributed by atoms with Gasteiger partial charge in [-0.3, -0.25) is 4.98 Å². The van der Waals surface area contributed by atoms with Crippen molar-refractivity contribution in [1.82, 2.24) is 4.98 Å². The highest BCUT2D eigenvalue weighted by Crippen LogP contribution is 2.41. The number of benzene rings is 5. The van der Waals surface area contributed by atoms with Crippen LogP contribution in [-0.4, -0.2) is 11.1 Å². The monoisotopic (exact) mass is 1070 g/mol. The molecule has 0 spiro atoms. The molecule has 0 amide bonds. The molecule has 0 bridgehead atoms. The summed E-state index contributed by atoms with van der Waals surface area (Å²) in [5, 5.41) is 0.772. The molecule has 382 valence electrons. The van der Waals surface area contributed by atoms with E-state index in [1.165, 1.54) is 5.56 Å². The second kappa shape index (κ2) is 19.1. The molecule has 1 aromatic heterocycles. The maximum atomic E-state index is 14.2. The van der Waals surface area contributed by atoms with E-state index in [4.69, 9.17) is 11.6 Å². The van der Waals surface area contributed by atoms with Crippen LogP contribution in [0.5, 0.6) is 0 Å². The minimum absolute atomic E-state index is 0.691. The maximum absolute atomic E-state index is 14.2. The Bertz CT molecular complexity index is 2400. The predicted molar refractivity (Wildman–Crippen MR) is 205 cm³/mol. The van der Waals surface area contributed by atoms with Crippen LogP contribution in [0.25, 0.3) is 0 Å². The largest absolute Gasteiger partial charge is 0.416 e. The third-order valence-electron chi connectivity index (χ3n) is 10.4. The van der Waals surface area contributed by atoms with E-state index in [1.54, 1.807) is 12.4 Å². The van der Waals surface area contributed by atoms with Crippen molar-refractivity contribution in [2.24, 2.45) is 0 Å². The van der Waals surface area contributed by atoms with Gasteiger partial charge in [-0.2, -0.15) is 132 Å². The number of aromatic nitrogens is 2. The standard InChI is InChI=1S/C32H12BF24.C11H10ClN2/c34-25(35,36)13-1-14(26(37,38)39)6-21(5-13)33(22-7-15(27(40,41)42)2-16(8-22)28(43,44)45,23-9-17(29(46,47)48)3-18(10-23)30(49,50)51)24-11-19(31(52,53)54)4-20(12-24)32(55,56)57;12-11-3-1-10(2-4-11)9-14-7-5-13-6-8-14/h1-12H;1-8H,9H2/q-1;+1. The molecule has 0 radical (unpaired) electrons. The summed E-state index contributed by atoms with van der Waals surface area (Å²) in [4.78, 5) is 3.96. The fraction of sp³-hybridized carbons (Fsp3) is 0.209. The molecule has 0 unspecified atom stereocenters. The Kier molecular flexibility index (Phi) is 15.0. The van der Waals surface area contributed by atoms with Crippen molar-refractivity contribution >= 4 is 39.6 Å². The summed E-state index contributed by atoms with van der Waals surface area (Å²) in [6.07, 6.45) is -47.4. The minimum atomic E-state index is -6.13. The van der Waals surface area contributed by atoms with Crippen molar-refractivity contribution < 1.29 is 110 Å². The summed E-state index contributed by atoms with van der Waals surface area (Å²) in [6.45, 7) is 0.847. The summed E-state index contributed by atoms with van der Waals surface area (Å²) in [5.74, 6) is 0. The molecule has 71 heavy (non-hydrogen) atoms. The van der Waals surface area contributed by atoms with E-state index in [0.717, 1.165) is 11.6 Å². The van der Waals surface area contributed by atoms with E-state index in [-0.39, 0.29) is 0 Å². The molecule has 0 fully saturated rings. The first kappa shape index (κ1) is 55.8. The zero-order valence-electron chi connectivity index (χ0n) is 34.2. The Morgan fingerprint density at radius 3 is 0.746 bits per heavy atom. The van der Waals surface area contributed by atoms with Gasteiger partial charge in [-0.1, -0.05) is 72.3 Å². The molecule has 2 nitrogen and oxygen atoms in total. The number of halogens is 25. The molecule has 28 heteroatoms. The summed E-state index contributed by atoms with van der Waals surface area (Å²) >= 11 is 5.80. The normalized spacial score (nSPS) is 13.5. The van der Waals surface area contributed by atoms with Crippen LogP contribution >= 0.6 is 11.6 Å². The van der Waals surface area contributed by atoms with E-state index >= 15 is 0 Å². The van der Waals surface area contributed by atoms with Gasteiger partial charge in [-0.15, -0.1) is 0 Å². The van der Waals surface area contributed by atoms with Crippen molar-refractivity contribution in [3.8, 4) is 0 Å². The first-order chi connectivity index (χ1) is 32.1. The summed E-state index contributed by atoms with van der Waals surface area (Å²) in [6, 6.07) is -0.960. The second-order valence-corrected chi connectivity index (χ2v) is 15.7. The molecule has 6 aromatic rings. The van der Waals surface area contributed by atoms with E-state index in [1.807, 2.05) is 36.7 Å². The zero-order chi connectivity index (χ0) is 53.7. The Morgan fingerprint density at radius 2 is 0.549 bits per heavy atom. The lowest BCUT2D eigenvalue weighted by atomic mass is 9.12. The van der Waals surface area contributed by atoms with Crippen molar-refractivity contribution in [2.75, 3.05) is 0 Å². The van der Waals surface area contributed by atoms with Crippen LogP contribution in [0.1, 0.15) is 50.1 Å². The lowest BCUT2D eigenvalue weighted by Gasteiger charge is -2.46. The average Bonchev–Trinajstić information content (AvgIpc) is 3.22.